The average molecular weight is 485 g/mol. The molecule has 0 saturated carbocycles. The molecule has 0 aromatic carbocycles. The maximum absolute atomic E-state index is 0. The summed E-state index contributed by atoms with van der Waals surface area (Å²) >= 11 is 0. The second kappa shape index (κ2) is 15.9. The minimum absolute atomic E-state index is 0. The van der Waals surface area contributed by atoms with Crippen LogP contribution in [-0.2, 0) is 47.9 Å². The topological polar surface area (TPSA) is 0 Å². The van der Waals surface area contributed by atoms with Crippen LogP contribution in [0.5, 0.6) is 0 Å². The van der Waals surface area contributed by atoms with Crippen molar-refractivity contribution < 1.29 is 83.5 Å². The SMILES string of the molecule is [La].[Pb].[Ti].[Zr]. The summed E-state index contributed by atoms with van der Waals surface area (Å²) in [7, 11) is 0. The molecule has 0 aliphatic heterocycles. The van der Waals surface area contributed by atoms with Crippen LogP contribution in [0.2, 0.25) is 0 Å². The van der Waals surface area contributed by atoms with E-state index in [0.29, 0.717) is 0 Å². The van der Waals surface area contributed by atoms with Gasteiger partial charge in [-0.25, -0.2) is 0 Å². The molecule has 0 N–H and O–H groups in total. The summed E-state index contributed by atoms with van der Waals surface area (Å²) < 4.78 is 0. The maximum atomic E-state index is 0. The van der Waals surface area contributed by atoms with Crippen molar-refractivity contribution in [3.63, 3.8) is 0 Å². The molecule has 0 aromatic heterocycles. The van der Waals surface area contributed by atoms with Crippen molar-refractivity contribution in [3.05, 3.63) is 0 Å². The van der Waals surface area contributed by atoms with Crippen molar-refractivity contribution in [2.75, 3.05) is 0 Å². The number of rotatable bonds is 0. The molecule has 0 nitrogen and oxygen atoms in total. The van der Waals surface area contributed by atoms with Crippen LogP contribution in [0.3, 0.4) is 0 Å². The van der Waals surface area contributed by atoms with Gasteiger partial charge in [0.15, 0.2) is 0 Å². The minimum Gasteiger partial charge on any atom is 0 e. The molecule has 0 amide bonds. The van der Waals surface area contributed by atoms with Gasteiger partial charge in [0, 0.05) is 111 Å². The van der Waals surface area contributed by atoms with Gasteiger partial charge in [0.1, 0.15) is 0 Å². The van der Waals surface area contributed by atoms with Gasteiger partial charge in [-0.3, -0.25) is 0 Å². The molecule has 0 heterocycles. The van der Waals surface area contributed by atoms with Crippen molar-refractivity contribution in [2.45, 2.75) is 0 Å². The number of hydrogen-bond donors (Lipinski definition) is 0. The van der Waals surface area contributed by atoms with Gasteiger partial charge < -0.3 is 0 Å². The summed E-state index contributed by atoms with van der Waals surface area (Å²) in [4.78, 5) is 0. The van der Waals surface area contributed by atoms with E-state index in [1.807, 2.05) is 0 Å². The largest absolute Gasteiger partial charge is 0 e. The van der Waals surface area contributed by atoms with Crippen molar-refractivity contribution >= 4 is 27.3 Å². The zero-order valence-corrected chi connectivity index (χ0v) is 13.6. The van der Waals surface area contributed by atoms with Crippen molar-refractivity contribution in [3.8, 4) is 0 Å². The van der Waals surface area contributed by atoms with Gasteiger partial charge in [-0.1, -0.05) is 0 Å². The second-order valence-corrected chi connectivity index (χ2v) is 0. The smallest absolute Gasteiger partial charge is 0 e. The standard InChI is InChI=1S/La.Pb.Ti.Zr. The first kappa shape index (κ1) is 25.2. The third-order valence-electron chi connectivity index (χ3n) is 0. The molecule has 0 aromatic rings. The Morgan fingerprint density at radius 3 is 1.00 bits per heavy atom. The Labute approximate surface area is 108 Å². The summed E-state index contributed by atoms with van der Waals surface area (Å²) in [6.45, 7) is 0. The molecule has 0 fully saturated rings. The van der Waals surface area contributed by atoms with Crippen LogP contribution in [0.1, 0.15) is 0 Å². The van der Waals surface area contributed by atoms with Crippen LogP contribution >= 0.6 is 0 Å². The van der Waals surface area contributed by atoms with Crippen molar-refractivity contribution in [2.24, 2.45) is 0 Å². The first-order valence-corrected chi connectivity index (χ1v) is 0. The van der Waals surface area contributed by atoms with Gasteiger partial charge in [0.25, 0.3) is 0 Å². The molecule has 0 atom stereocenters. The fraction of sp³-hybridized carbons (Fsp3) is 0. The van der Waals surface area contributed by atoms with Gasteiger partial charge in [0.05, 0.1) is 0 Å². The molecule has 5 radical (unpaired) electrons. The predicted molar refractivity (Wildman–Crippen MR) is 5.75 cm³/mol. The van der Waals surface area contributed by atoms with E-state index < -0.39 is 0 Å². The normalized spacial score (nSPS) is 0. The maximum Gasteiger partial charge on any atom is 0 e. The Hall–Kier alpha value is 3.71. The Kier molecular flexibility index (Phi) is 100. The molecule has 0 aliphatic carbocycles. The van der Waals surface area contributed by atoms with Crippen LogP contribution in [-0.4, -0.2) is 27.3 Å². The molecular weight excluding hydrogens is 485 g/mol. The van der Waals surface area contributed by atoms with Gasteiger partial charge in [-0.05, 0) is 0 Å². The van der Waals surface area contributed by atoms with E-state index in [0.717, 1.165) is 0 Å². The monoisotopic (exact) mass is 485 g/mol. The minimum atomic E-state index is 0. The quantitative estimate of drug-likeness (QED) is 0.411. The van der Waals surface area contributed by atoms with Gasteiger partial charge in [-0.2, -0.15) is 0 Å². The van der Waals surface area contributed by atoms with Gasteiger partial charge >= 0.3 is 0 Å². The van der Waals surface area contributed by atoms with E-state index in [1.54, 1.807) is 0 Å². The molecule has 4 heavy (non-hydrogen) atoms. The van der Waals surface area contributed by atoms with Crippen molar-refractivity contribution in [1.82, 2.24) is 0 Å². The van der Waals surface area contributed by atoms with Crippen LogP contribution in [0, 0.1) is 35.6 Å². The van der Waals surface area contributed by atoms with Crippen LogP contribution < -0.4 is 0 Å². The van der Waals surface area contributed by atoms with Gasteiger partial charge in [0.2, 0.25) is 0 Å². The molecule has 4 heteroatoms. The molecule has 0 saturated heterocycles. The molecule has 0 rings (SSSR count). The Bertz CT molecular complexity index is 8.00. The molecule has 15 valence electrons. The second-order valence-electron chi connectivity index (χ2n) is 0. The van der Waals surface area contributed by atoms with Crippen molar-refractivity contribution in [1.29, 1.82) is 0 Å². The zero-order chi connectivity index (χ0) is 0. The van der Waals surface area contributed by atoms with E-state index in [9.17, 15) is 0 Å². The average Bonchev–Trinajstić information content (AvgIpc) is 0. The summed E-state index contributed by atoms with van der Waals surface area (Å²) in [5.41, 5.74) is 0. The van der Waals surface area contributed by atoms with E-state index in [2.05, 4.69) is 0 Å². The third kappa shape index (κ3) is 9.21. The van der Waals surface area contributed by atoms with E-state index in [1.165, 1.54) is 0 Å². The fourth-order valence-corrected chi connectivity index (χ4v) is 0. The zero-order valence-electron chi connectivity index (χ0n) is 2.08. The molecular formula is LaPbTiZr. The Morgan fingerprint density at radius 2 is 1.00 bits per heavy atom. The Morgan fingerprint density at radius 1 is 1.00 bits per heavy atom. The molecule has 0 aliphatic rings. The summed E-state index contributed by atoms with van der Waals surface area (Å²) in [5, 5.41) is 0. The van der Waals surface area contributed by atoms with Crippen LogP contribution in [0.15, 0.2) is 0 Å². The molecule has 0 spiro atoms. The number of hydrogen-bond acceptors (Lipinski definition) is 0. The Balaban J connectivity index is 0. The van der Waals surface area contributed by atoms with E-state index in [-0.39, 0.29) is 111 Å². The molecule has 0 unspecified atom stereocenters. The molecule has 0 bridgehead atoms. The van der Waals surface area contributed by atoms with E-state index in [4.69, 9.17) is 0 Å². The summed E-state index contributed by atoms with van der Waals surface area (Å²) in [6.07, 6.45) is 0. The van der Waals surface area contributed by atoms with Crippen LogP contribution in [0.4, 0.5) is 0 Å². The predicted octanol–water partition coefficient (Wildman–Crippen LogP) is -0.386. The summed E-state index contributed by atoms with van der Waals surface area (Å²) in [6, 6.07) is 0. The summed E-state index contributed by atoms with van der Waals surface area (Å²) in [5.74, 6) is 0. The first-order chi connectivity index (χ1) is 0. The first-order valence-electron chi connectivity index (χ1n) is 0. The fourth-order valence-electron chi connectivity index (χ4n) is 0. The third-order valence-corrected chi connectivity index (χ3v) is 0. The van der Waals surface area contributed by atoms with Gasteiger partial charge in [-0.15, -0.1) is 0 Å². The van der Waals surface area contributed by atoms with E-state index >= 15 is 0 Å². The van der Waals surface area contributed by atoms with Crippen LogP contribution in [0.25, 0.3) is 0 Å².